The minimum Gasteiger partial charge on any atom is -0.313 e. The molecule has 20 heavy (non-hydrogen) atoms. The van der Waals surface area contributed by atoms with Crippen LogP contribution in [-0.2, 0) is 19.9 Å². The lowest BCUT2D eigenvalue weighted by Gasteiger charge is -2.16. The largest absolute Gasteiger partial charge is 0.313 e. The molecule has 1 unspecified atom stereocenters. The van der Waals surface area contributed by atoms with Crippen molar-refractivity contribution in [1.82, 2.24) is 15.1 Å². The van der Waals surface area contributed by atoms with E-state index in [9.17, 15) is 4.39 Å². The van der Waals surface area contributed by atoms with Gasteiger partial charge in [0.15, 0.2) is 0 Å². The molecule has 0 fully saturated rings. The standard InChI is InChI=1S/C15H19BrFN3/c1-4-14-12(9-20(3)19-14)15(18-2)7-10-5-6-11(16)8-13(10)17/h5-6,8-9,15,18H,4,7H2,1-3H3. The van der Waals surface area contributed by atoms with Crippen molar-refractivity contribution in [2.24, 2.45) is 7.05 Å². The lowest BCUT2D eigenvalue weighted by atomic mass is 9.98. The molecule has 0 saturated carbocycles. The number of nitrogens with one attached hydrogen (secondary N) is 1. The topological polar surface area (TPSA) is 29.9 Å². The number of hydrogen-bond acceptors (Lipinski definition) is 2. The SMILES string of the molecule is CCc1nn(C)cc1C(Cc1ccc(Br)cc1F)NC. The van der Waals surface area contributed by atoms with Gasteiger partial charge in [-0.15, -0.1) is 0 Å². The van der Waals surface area contributed by atoms with E-state index in [-0.39, 0.29) is 11.9 Å². The lowest BCUT2D eigenvalue weighted by Crippen LogP contribution is -2.20. The first-order valence-electron chi connectivity index (χ1n) is 6.68. The number of rotatable bonds is 5. The second kappa shape index (κ2) is 6.50. The van der Waals surface area contributed by atoms with E-state index >= 15 is 0 Å². The Morgan fingerprint density at radius 1 is 1.45 bits per heavy atom. The summed E-state index contributed by atoms with van der Waals surface area (Å²) in [5, 5.41) is 7.72. The fraction of sp³-hybridized carbons (Fsp3) is 0.400. The van der Waals surface area contributed by atoms with Gasteiger partial charge < -0.3 is 5.32 Å². The third kappa shape index (κ3) is 3.27. The minimum absolute atomic E-state index is 0.0642. The molecule has 0 bridgehead atoms. The Labute approximate surface area is 127 Å². The van der Waals surface area contributed by atoms with E-state index in [2.05, 4.69) is 33.3 Å². The Bertz CT molecular complexity index is 595. The van der Waals surface area contributed by atoms with Crippen LogP contribution in [-0.4, -0.2) is 16.8 Å². The molecule has 0 spiro atoms. The number of nitrogens with zero attached hydrogens (tertiary/aromatic N) is 2. The van der Waals surface area contributed by atoms with Crippen LogP contribution in [0.1, 0.15) is 29.8 Å². The highest BCUT2D eigenvalue weighted by atomic mass is 79.9. The van der Waals surface area contributed by atoms with Crippen molar-refractivity contribution in [3.8, 4) is 0 Å². The molecule has 2 rings (SSSR count). The van der Waals surface area contributed by atoms with Gasteiger partial charge in [0.05, 0.1) is 5.69 Å². The predicted molar refractivity (Wildman–Crippen MR) is 82.2 cm³/mol. The van der Waals surface area contributed by atoms with Crippen LogP contribution < -0.4 is 5.32 Å². The van der Waals surface area contributed by atoms with Gasteiger partial charge in [0.25, 0.3) is 0 Å². The van der Waals surface area contributed by atoms with Crippen LogP contribution in [0.25, 0.3) is 0 Å². The normalized spacial score (nSPS) is 12.7. The zero-order chi connectivity index (χ0) is 14.7. The van der Waals surface area contributed by atoms with Gasteiger partial charge in [-0.3, -0.25) is 4.68 Å². The van der Waals surface area contributed by atoms with Crippen molar-refractivity contribution in [3.63, 3.8) is 0 Å². The number of benzene rings is 1. The van der Waals surface area contributed by atoms with Gasteiger partial charge in [-0.1, -0.05) is 28.9 Å². The highest BCUT2D eigenvalue weighted by Gasteiger charge is 2.18. The third-order valence-electron chi connectivity index (χ3n) is 3.44. The molecule has 1 N–H and O–H groups in total. The first kappa shape index (κ1) is 15.2. The van der Waals surface area contributed by atoms with Crippen molar-refractivity contribution in [2.45, 2.75) is 25.8 Å². The van der Waals surface area contributed by atoms with E-state index in [1.165, 1.54) is 6.07 Å². The molecule has 0 radical (unpaired) electrons. The van der Waals surface area contributed by atoms with E-state index < -0.39 is 0 Å². The van der Waals surface area contributed by atoms with E-state index in [0.717, 1.165) is 22.2 Å². The molecule has 2 aromatic rings. The van der Waals surface area contributed by atoms with Crippen LogP contribution in [0.4, 0.5) is 4.39 Å². The molecule has 108 valence electrons. The summed E-state index contributed by atoms with van der Waals surface area (Å²) < 4.78 is 16.5. The summed E-state index contributed by atoms with van der Waals surface area (Å²) >= 11 is 3.28. The quantitative estimate of drug-likeness (QED) is 0.904. The summed E-state index contributed by atoms with van der Waals surface area (Å²) in [4.78, 5) is 0. The molecular weight excluding hydrogens is 321 g/mol. The van der Waals surface area contributed by atoms with Gasteiger partial charge in [0.2, 0.25) is 0 Å². The maximum absolute atomic E-state index is 14.0. The molecule has 0 amide bonds. The molecule has 1 heterocycles. The second-order valence-corrected chi connectivity index (χ2v) is 5.76. The maximum atomic E-state index is 14.0. The number of aromatic nitrogens is 2. The van der Waals surface area contributed by atoms with Gasteiger partial charge >= 0.3 is 0 Å². The van der Waals surface area contributed by atoms with Crippen LogP contribution in [0.2, 0.25) is 0 Å². The second-order valence-electron chi connectivity index (χ2n) is 4.84. The Hall–Kier alpha value is -1.20. The lowest BCUT2D eigenvalue weighted by molar-refractivity contribution is 0.551. The summed E-state index contributed by atoms with van der Waals surface area (Å²) in [5.41, 5.74) is 2.91. The number of hydrogen-bond donors (Lipinski definition) is 1. The fourth-order valence-corrected chi connectivity index (χ4v) is 2.73. The van der Waals surface area contributed by atoms with Crippen molar-refractivity contribution < 1.29 is 4.39 Å². The highest BCUT2D eigenvalue weighted by molar-refractivity contribution is 9.10. The van der Waals surface area contributed by atoms with Crippen molar-refractivity contribution >= 4 is 15.9 Å². The third-order valence-corrected chi connectivity index (χ3v) is 3.93. The summed E-state index contributed by atoms with van der Waals surface area (Å²) in [7, 11) is 3.81. The van der Waals surface area contributed by atoms with Gasteiger partial charge in [0.1, 0.15) is 5.82 Å². The fourth-order valence-electron chi connectivity index (χ4n) is 2.39. The molecule has 0 aliphatic heterocycles. The molecule has 1 aromatic carbocycles. The summed E-state index contributed by atoms with van der Waals surface area (Å²) in [5.74, 6) is -0.179. The first-order chi connectivity index (χ1) is 9.55. The Kier molecular flexibility index (Phi) is 4.94. The van der Waals surface area contributed by atoms with Gasteiger partial charge in [-0.2, -0.15) is 5.10 Å². The summed E-state index contributed by atoms with van der Waals surface area (Å²) in [6.45, 7) is 2.08. The van der Waals surface area contributed by atoms with Crippen molar-refractivity contribution in [1.29, 1.82) is 0 Å². The maximum Gasteiger partial charge on any atom is 0.127 e. The molecule has 0 aliphatic carbocycles. The Balaban J connectivity index is 2.28. The smallest absolute Gasteiger partial charge is 0.127 e. The monoisotopic (exact) mass is 339 g/mol. The van der Waals surface area contributed by atoms with E-state index in [1.54, 1.807) is 0 Å². The molecule has 1 aromatic heterocycles. The molecule has 0 saturated heterocycles. The number of aryl methyl sites for hydroxylation is 2. The average Bonchev–Trinajstić information content (AvgIpc) is 2.79. The van der Waals surface area contributed by atoms with Crippen LogP contribution in [0.5, 0.6) is 0 Å². The van der Waals surface area contributed by atoms with Crippen molar-refractivity contribution in [2.75, 3.05) is 7.05 Å². The predicted octanol–water partition coefficient (Wildman–Crippen LogP) is 3.39. The van der Waals surface area contributed by atoms with Gasteiger partial charge in [-0.25, -0.2) is 4.39 Å². The number of halogens is 2. The average molecular weight is 340 g/mol. The Morgan fingerprint density at radius 2 is 2.20 bits per heavy atom. The van der Waals surface area contributed by atoms with Gasteiger partial charge in [0, 0.05) is 29.3 Å². The molecule has 3 nitrogen and oxygen atoms in total. The number of likely N-dealkylation sites (N-methyl/N-ethyl adjacent to an activating group) is 1. The van der Waals surface area contributed by atoms with Crippen LogP contribution in [0.3, 0.4) is 0 Å². The zero-order valence-corrected chi connectivity index (χ0v) is 13.5. The zero-order valence-electron chi connectivity index (χ0n) is 12.0. The van der Waals surface area contributed by atoms with E-state index in [1.807, 2.05) is 37.1 Å². The Morgan fingerprint density at radius 3 is 2.80 bits per heavy atom. The van der Waals surface area contributed by atoms with Crippen molar-refractivity contribution in [3.05, 3.63) is 51.5 Å². The van der Waals surface area contributed by atoms with E-state index in [4.69, 9.17) is 0 Å². The summed E-state index contributed by atoms with van der Waals surface area (Å²) in [6, 6.07) is 5.27. The summed E-state index contributed by atoms with van der Waals surface area (Å²) in [6.07, 6.45) is 3.49. The molecule has 0 aliphatic rings. The van der Waals surface area contributed by atoms with Crippen LogP contribution in [0.15, 0.2) is 28.9 Å². The van der Waals surface area contributed by atoms with Crippen LogP contribution in [0, 0.1) is 5.82 Å². The highest BCUT2D eigenvalue weighted by Crippen LogP contribution is 2.24. The van der Waals surface area contributed by atoms with Crippen LogP contribution >= 0.6 is 15.9 Å². The molecule has 1 atom stereocenters. The minimum atomic E-state index is -0.179. The van der Waals surface area contributed by atoms with Gasteiger partial charge in [-0.05, 0) is 37.6 Å². The molecular formula is C15H19BrFN3. The molecule has 5 heteroatoms. The first-order valence-corrected chi connectivity index (χ1v) is 7.48. The van der Waals surface area contributed by atoms with E-state index in [0.29, 0.717) is 12.0 Å².